The van der Waals surface area contributed by atoms with Crippen LogP contribution in [-0.4, -0.2) is 33.4 Å². The highest BCUT2D eigenvalue weighted by Crippen LogP contribution is 2.27. The van der Waals surface area contributed by atoms with Gasteiger partial charge in [0.2, 0.25) is 0 Å². The number of hydrogen-bond donors (Lipinski definition) is 3. The second-order valence-corrected chi connectivity index (χ2v) is 4.03. The van der Waals surface area contributed by atoms with Crippen molar-refractivity contribution in [1.29, 1.82) is 0 Å². The summed E-state index contributed by atoms with van der Waals surface area (Å²) in [6, 6.07) is 1.51. The molecule has 0 spiro atoms. The molecule has 0 aliphatic carbocycles. The molecule has 5 N–H and O–H groups in total. The van der Waals surface area contributed by atoms with Crippen LogP contribution in [0.1, 0.15) is 12.6 Å². The Labute approximate surface area is 91.6 Å². The molecule has 1 aromatic rings. The Hall–Kier alpha value is -1.44. The van der Waals surface area contributed by atoms with E-state index in [-0.39, 0.29) is 19.0 Å². The second-order valence-electron chi connectivity index (χ2n) is 4.03. The first-order chi connectivity index (χ1) is 7.54. The van der Waals surface area contributed by atoms with Crippen LogP contribution < -0.4 is 17.2 Å². The van der Waals surface area contributed by atoms with E-state index in [9.17, 15) is 4.79 Å². The van der Waals surface area contributed by atoms with Crippen molar-refractivity contribution >= 4 is 5.82 Å². The molecule has 7 heteroatoms. The fraction of sp³-hybridized carbons (Fsp3) is 0.556. The van der Waals surface area contributed by atoms with E-state index < -0.39 is 17.5 Å². The Morgan fingerprint density at radius 2 is 2.50 bits per heavy atom. The van der Waals surface area contributed by atoms with E-state index in [1.165, 1.54) is 16.8 Å². The highest BCUT2D eigenvalue weighted by molar-refractivity contribution is 5.23. The zero-order valence-electron chi connectivity index (χ0n) is 8.67. The van der Waals surface area contributed by atoms with Crippen LogP contribution in [0, 0.1) is 0 Å². The minimum atomic E-state index is -0.786. The van der Waals surface area contributed by atoms with E-state index in [0.717, 1.165) is 0 Å². The zero-order valence-corrected chi connectivity index (χ0v) is 8.67. The number of nitrogens with zero attached hydrogens (tertiary/aromatic N) is 2. The highest BCUT2D eigenvalue weighted by Gasteiger charge is 2.37. The molecule has 0 aromatic carbocycles. The smallest absolute Gasteiger partial charge is 0.351 e. The predicted molar refractivity (Wildman–Crippen MR) is 56.5 cm³/mol. The van der Waals surface area contributed by atoms with Gasteiger partial charge in [-0.3, -0.25) is 4.57 Å². The van der Waals surface area contributed by atoms with Gasteiger partial charge in [-0.2, -0.15) is 4.98 Å². The SMILES string of the molecule is Nc1ccn(C2C[C@](N)(CO)CO2)c(=O)n1. The molecule has 0 amide bonds. The van der Waals surface area contributed by atoms with Gasteiger partial charge in [0.05, 0.1) is 18.8 Å². The summed E-state index contributed by atoms with van der Waals surface area (Å²) in [5.74, 6) is 0.167. The molecule has 2 atom stereocenters. The maximum absolute atomic E-state index is 11.5. The van der Waals surface area contributed by atoms with Crippen LogP contribution in [-0.2, 0) is 4.74 Å². The van der Waals surface area contributed by atoms with Crippen molar-refractivity contribution in [2.45, 2.75) is 18.2 Å². The van der Waals surface area contributed by atoms with E-state index in [4.69, 9.17) is 21.3 Å². The van der Waals surface area contributed by atoms with Crippen LogP contribution in [0.5, 0.6) is 0 Å². The molecule has 16 heavy (non-hydrogen) atoms. The molecule has 1 aliphatic rings. The van der Waals surface area contributed by atoms with Gasteiger partial charge in [0.1, 0.15) is 12.0 Å². The van der Waals surface area contributed by atoms with Gasteiger partial charge in [-0.1, -0.05) is 0 Å². The fourth-order valence-electron chi connectivity index (χ4n) is 1.66. The Balaban J connectivity index is 2.24. The van der Waals surface area contributed by atoms with Crippen molar-refractivity contribution in [3.63, 3.8) is 0 Å². The molecule has 88 valence electrons. The first-order valence-corrected chi connectivity index (χ1v) is 4.90. The quantitative estimate of drug-likeness (QED) is 0.561. The number of aromatic nitrogens is 2. The van der Waals surface area contributed by atoms with Crippen LogP contribution in [0.25, 0.3) is 0 Å². The van der Waals surface area contributed by atoms with E-state index in [0.29, 0.717) is 6.42 Å². The predicted octanol–water partition coefficient (Wildman–Crippen LogP) is -1.57. The summed E-state index contributed by atoms with van der Waals surface area (Å²) in [4.78, 5) is 15.1. The average Bonchev–Trinajstić information content (AvgIpc) is 2.62. The lowest BCUT2D eigenvalue weighted by molar-refractivity contribution is 0.0473. The molecule has 1 aliphatic heterocycles. The van der Waals surface area contributed by atoms with Crippen LogP contribution in [0.15, 0.2) is 17.1 Å². The summed E-state index contributed by atoms with van der Waals surface area (Å²) < 4.78 is 6.68. The minimum absolute atomic E-state index is 0.167. The first-order valence-electron chi connectivity index (χ1n) is 4.90. The topological polar surface area (TPSA) is 116 Å². The van der Waals surface area contributed by atoms with Crippen molar-refractivity contribution in [2.24, 2.45) is 5.73 Å². The van der Waals surface area contributed by atoms with Crippen LogP contribution in [0.4, 0.5) is 5.82 Å². The Kier molecular flexibility index (Phi) is 2.66. The van der Waals surface area contributed by atoms with Gasteiger partial charge in [-0.25, -0.2) is 4.79 Å². The molecule has 2 heterocycles. The number of ether oxygens (including phenoxy) is 1. The highest BCUT2D eigenvalue weighted by atomic mass is 16.5. The molecule has 2 rings (SSSR count). The van der Waals surface area contributed by atoms with E-state index >= 15 is 0 Å². The van der Waals surface area contributed by atoms with Gasteiger partial charge in [-0.15, -0.1) is 0 Å². The van der Waals surface area contributed by atoms with Crippen molar-refractivity contribution in [2.75, 3.05) is 18.9 Å². The summed E-state index contributed by atoms with van der Waals surface area (Å²) in [5.41, 5.74) is 9.94. The van der Waals surface area contributed by atoms with Crippen molar-refractivity contribution in [1.82, 2.24) is 9.55 Å². The zero-order chi connectivity index (χ0) is 11.8. The fourth-order valence-corrected chi connectivity index (χ4v) is 1.66. The Bertz CT molecular complexity index is 447. The molecular weight excluding hydrogens is 212 g/mol. The minimum Gasteiger partial charge on any atom is -0.394 e. The van der Waals surface area contributed by atoms with E-state index in [1.807, 2.05) is 0 Å². The van der Waals surface area contributed by atoms with Gasteiger partial charge in [0, 0.05) is 12.6 Å². The average molecular weight is 226 g/mol. The Morgan fingerprint density at radius 3 is 3.06 bits per heavy atom. The largest absolute Gasteiger partial charge is 0.394 e. The Morgan fingerprint density at radius 1 is 1.75 bits per heavy atom. The standard InChI is InChI=1S/C9H14N4O3/c10-6-1-2-13(8(15)12-6)7-3-9(11,4-14)5-16-7/h1-2,7,14H,3-5,11H2,(H2,10,12,15)/t7?,9-/m0/s1. The van der Waals surface area contributed by atoms with Gasteiger partial charge in [0.15, 0.2) is 0 Å². The first kappa shape index (κ1) is 11.1. The molecule has 1 aromatic heterocycles. The lowest BCUT2D eigenvalue weighted by atomic mass is 10.0. The number of rotatable bonds is 2. The molecular formula is C9H14N4O3. The molecule has 0 saturated carbocycles. The van der Waals surface area contributed by atoms with Crippen molar-refractivity contribution in [3.8, 4) is 0 Å². The number of nitrogen functional groups attached to an aromatic ring is 1. The van der Waals surface area contributed by atoms with E-state index in [1.54, 1.807) is 0 Å². The molecule has 1 saturated heterocycles. The van der Waals surface area contributed by atoms with Gasteiger partial charge in [-0.05, 0) is 6.07 Å². The summed E-state index contributed by atoms with van der Waals surface area (Å²) in [5, 5.41) is 9.08. The molecule has 0 bridgehead atoms. The number of hydrogen-bond acceptors (Lipinski definition) is 6. The van der Waals surface area contributed by atoms with Gasteiger partial charge < -0.3 is 21.3 Å². The number of aliphatic hydroxyl groups excluding tert-OH is 1. The van der Waals surface area contributed by atoms with E-state index in [2.05, 4.69) is 4.98 Å². The molecule has 1 unspecified atom stereocenters. The van der Waals surface area contributed by atoms with Gasteiger partial charge >= 0.3 is 5.69 Å². The molecule has 0 radical (unpaired) electrons. The molecule has 1 fully saturated rings. The third-order valence-corrected chi connectivity index (χ3v) is 2.62. The third kappa shape index (κ3) is 1.92. The van der Waals surface area contributed by atoms with Crippen LogP contribution in [0.3, 0.4) is 0 Å². The van der Waals surface area contributed by atoms with Gasteiger partial charge in [0.25, 0.3) is 0 Å². The van der Waals surface area contributed by atoms with Crippen LogP contribution in [0.2, 0.25) is 0 Å². The summed E-state index contributed by atoms with van der Waals surface area (Å²) in [6.07, 6.45) is 1.39. The summed E-state index contributed by atoms with van der Waals surface area (Å²) >= 11 is 0. The number of nitrogens with two attached hydrogens (primary N) is 2. The lowest BCUT2D eigenvalue weighted by Crippen LogP contribution is -2.44. The maximum Gasteiger partial charge on any atom is 0.351 e. The summed E-state index contributed by atoms with van der Waals surface area (Å²) in [6.45, 7) is 0.0334. The lowest BCUT2D eigenvalue weighted by Gasteiger charge is -2.18. The number of anilines is 1. The normalized spacial score (nSPS) is 29.5. The van der Waals surface area contributed by atoms with Crippen molar-refractivity contribution in [3.05, 3.63) is 22.7 Å². The third-order valence-electron chi connectivity index (χ3n) is 2.62. The monoisotopic (exact) mass is 226 g/mol. The maximum atomic E-state index is 11.5. The summed E-state index contributed by atoms with van der Waals surface area (Å²) in [7, 11) is 0. The van der Waals surface area contributed by atoms with Crippen molar-refractivity contribution < 1.29 is 9.84 Å². The number of aliphatic hydroxyl groups is 1. The second kappa shape index (κ2) is 3.85. The van der Waals surface area contributed by atoms with Crippen LogP contribution >= 0.6 is 0 Å². The molecule has 7 nitrogen and oxygen atoms in total.